The second-order valence-electron chi connectivity index (χ2n) is 8.12. The van der Waals surface area contributed by atoms with Gasteiger partial charge in [-0.15, -0.1) is 0 Å². The van der Waals surface area contributed by atoms with Crippen LogP contribution in [0.4, 0.5) is 0 Å². The molecule has 2 rings (SSSR count). The monoisotopic (exact) mass is 266 g/mol. The molecule has 2 nitrogen and oxygen atoms in total. The smallest absolute Gasteiger partial charge is 0.0308 e. The molecule has 1 aliphatic heterocycles. The lowest BCUT2D eigenvalue weighted by molar-refractivity contribution is 0.120. The first-order valence-corrected chi connectivity index (χ1v) is 8.39. The van der Waals surface area contributed by atoms with Gasteiger partial charge in [0.15, 0.2) is 0 Å². The summed E-state index contributed by atoms with van der Waals surface area (Å²) < 4.78 is 0. The molecule has 1 aliphatic carbocycles. The summed E-state index contributed by atoms with van der Waals surface area (Å²) in [5.41, 5.74) is 0.881. The van der Waals surface area contributed by atoms with Crippen molar-refractivity contribution in [2.45, 2.75) is 71.8 Å². The highest BCUT2D eigenvalue weighted by Gasteiger charge is 2.35. The van der Waals surface area contributed by atoms with E-state index in [0.717, 1.165) is 5.92 Å². The van der Waals surface area contributed by atoms with Crippen molar-refractivity contribution in [2.75, 3.05) is 26.2 Å². The van der Waals surface area contributed by atoms with E-state index in [0.29, 0.717) is 11.0 Å². The van der Waals surface area contributed by atoms with Crippen molar-refractivity contribution in [3.63, 3.8) is 0 Å². The van der Waals surface area contributed by atoms with Crippen LogP contribution in [0, 0.1) is 11.3 Å². The predicted molar refractivity (Wildman–Crippen MR) is 83.5 cm³/mol. The lowest BCUT2D eigenvalue weighted by Gasteiger charge is -2.41. The van der Waals surface area contributed by atoms with E-state index in [1.807, 2.05) is 0 Å². The highest BCUT2D eigenvalue weighted by molar-refractivity contribution is 4.95. The van der Waals surface area contributed by atoms with Crippen molar-refractivity contribution in [3.05, 3.63) is 0 Å². The Kier molecular flexibility index (Phi) is 4.94. The zero-order valence-corrected chi connectivity index (χ0v) is 13.6. The van der Waals surface area contributed by atoms with Crippen molar-refractivity contribution < 1.29 is 0 Å². The van der Waals surface area contributed by atoms with E-state index in [1.165, 1.54) is 64.7 Å². The summed E-state index contributed by atoms with van der Waals surface area (Å²) in [5.74, 6) is 0.770. The van der Waals surface area contributed by atoms with E-state index in [1.54, 1.807) is 0 Å². The van der Waals surface area contributed by atoms with Crippen LogP contribution in [0.2, 0.25) is 0 Å². The van der Waals surface area contributed by atoms with E-state index < -0.39 is 0 Å². The number of hydrogen-bond donors (Lipinski definition) is 1. The van der Waals surface area contributed by atoms with Crippen LogP contribution in [-0.4, -0.2) is 36.6 Å². The normalized spacial score (nSPS) is 27.2. The Morgan fingerprint density at radius 3 is 2.42 bits per heavy atom. The molecule has 2 aliphatic rings. The lowest BCUT2D eigenvalue weighted by Crippen LogP contribution is -2.53. The van der Waals surface area contributed by atoms with E-state index in [4.69, 9.17) is 0 Å². The largest absolute Gasteiger partial charge is 0.310 e. The first kappa shape index (κ1) is 15.3. The van der Waals surface area contributed by atoms with Gasteiger partial charge in [-0.1, -0.05) is 47.0 Å². The molecule has 1 unspecified atom stereocenters. The van der Waals surface area contributed by atoms with Crippen molar-refractivity contribution in [1.29, 1.82) is 0 Å². The third-order valence-corrected chi connectivity index (χ3v) is 5.50. The van der Waals surface area contributed by atoms with Gasteiger partial charge in [0, 0.05) is 18.6 Å². The quantitative estimate of drug-likeness (QED) is 0.820. The Hall–Kier alpha value is -0.0800. The van der Waals surface area contributed by atoms with E-state index in [9.17, 15) is 0 Å². The summed E-state index contributed by atoms with van der Waals surface area (Å²) in [4.78, 5) is 2.75. The minimum absolute atomic E-state index is 0.430. The predicted octanol–water partition coefficient (Wildman–Crippen LogP) is 3.67. The van der Waals surface area contributed by atoms with Crippen LogP contribution in [0.3, 0.4) is 0 Å². The van der Waals surface area contributed by atoms with Gasteiger partial charge in [-0.05, 0) is 43.7 Å². The topological polar surface area (TPSA) is 15.3 Å². The molecule has 2 fully saturated rings. The molecule has 0 bridgehead atoms. The summed E-state index contributed by atoms with van der Waals surface area (Å²) in [6, 6.07) is 0. The number of hydrogen-bond acceptors (Lipinski definition) is 2. The van der Waals surface area contributed by atoms with Gasteiger partial charge < -0.3 is 10.2 Å². The molecule has 0 aromatic carbocycles. The van der Waals surface area contributed by atoms with E-state index in [2.05, 4.69) is 37.9 Å². The molecule has 2 heteroatoms. The van der Waals surface area contributed by atoms with Gasteiger partial charge in [-0.2, -0.15) is 0 Å². The molecule has 1 saturated carbocycles. The Balaban J connectivity index is 1.96. The highest BCUT2D eigenvalue weighted by Crippen LogP contribution is 2.32. The maximum atomic E-state index is 3.90. The Bertz CT molecular complexity index is 273. The van der Waals surface area contributed by atoms with Crippen LogP contribution < -0.4 is 5.32 Å². The minimum atomic E-state index is 0.430. The fourth-order valence-electron chi connectivity index (χ4n) is 3.60. The van der Waals surface area contributed by atoms with Crippen molar-refractivity contribution in [3.8, 4) is 0 Å². The number of nitrogens with one attached hydrogen (secondary N) is 1. The molecular weight excluding hydrogens is 232 g/mol. The van der Waals surface area contributed by atoms with Crippen molar-refractivity contribution in [1.82, 2.24) is 10.2 Å². The second kappa shape index (κ2) is 6.13. The second-order valence-corrected chi connectivity index (χ2v) is 8.12. The molecule has 0 aromatic rings. The summed E-state index contributed by atoms with van der Waals surface area (Å²) in [7, 11) is 0. The third-order valence-electron chi connectivity index (χ3n) is 5.50. The van der Waals surface area contributed by atoms with Crippen LogP contribution in [-0.2, 0) is 0 Å². The average molecular weight is 266 g/mol. The first-order valence-electron chi connectivity index (χ1n) is 8.39. The third kappa shape index (κ3) is 4.19. The van der Waals surface area contributed by atoms with Crippen molar-refractivity contribution >= 4 is 0 Å². The lowest BCUT2D eigenvalue weighted by atomic mass is 9.79. The molecule has 1 saturated heterocycles. The van der Waals surface area contributed by atoms with E-state index >= 15 is 0 Å². The van der Waals surface area contributed by atoms with Crippen LogP contribution in [0.1, 0.15) is 66.2 Å². The van der Waals surface area contributed by atoms with Crippen LogP contribution in [0.5, 0.6) is 0 Å². The molecule has 19 heavy (non-hydrogen) atoms. The standard InChI is InChI=1S/C17H34N2/c1-15(16(2,3)4)13-19-12-8-11-18-17(14-19)9-6-5-7-10-17/h15,18H,5-14H2,1-4H3. The Labute approximate surface area is 120 Å². The summed E-state index contributed by atoms with van der Waals surface area (Å²) in [6.45, 7) is 14.6. The van der Waals surface area contributed by atoms with Gasteiger partial charge in [0.1, 0.15) is 0 Å². The maximum absolute atomic E-state index is 3.90. The molecule has 0 radical (unpaired) electrons. The zero-order chi connectivity index (χ0) is 13.9. The van der Waals surface area contributed by atoms with Gasteiger partial charge in [-0.25, -0.2) is 0 Å². The fourth-order valence-corrected chi connectivity index (χ4v) is 3.60. The first-order chi connectivity index (χ1) is 8.91. The average Bonchev–Trinajstić information content (AvgIpc) is 2.52. The van der Waals surface area contributed by atoms with Gasteiger partial charge in [-0.3, -0.25) is 0 Å². The molecule has 112 valence electrons. The highest BCUT2D eigenvalue weighted by atomic mass is 15.2. The van der Waals surface area contributed by atoms with E-state index in [-0.39, 0.29) is 0 Å². The molecule has 1 spiro atoms. The zero-order valence-electron chi connectivity index (χ0n) is 13.6. The molecule has 0 aromatic heterocycles. The van der Waals surface area contributed by atoms with Crippen LogP contribution in [0.15, 0.2) is 0 Å². The molecule has 1 N–H and O–H groups in total. The molecule has 1 atom stereocenters. The Morgan fingerprint density at radius 2 is 1.79 bits per heavy atom. The number of nitrogens with zero attached hydrogens (tertiary/aromatic N) is 1. The summed E-state index contributed by atoms with van der Waals surface area (Å²) in [5, 5.41) is 3.90. The van der Waals surface area contributed by atoms with Gasteiger partial charge in [0.05, 0.1) is 0 Å². The molecular formula is C17H34N2. The van der Waals surface area contributed by atoms with Crippen molar-refractivity contribution in [2.24, 2.45) is 11.3 Å². The van der Waals surface area contributed by atoms with Crippen LogP contribution in [0.25, 0.3) is 0 Å². The molecule has 0 amide bonds. The maximum Gasteiger partial charge on any atom is 0.0308 e. The minimum Gasteiger partial charge on any atom is -0.310 e. The Morgan fingerprint density at radius 1 is 1.11 bits per heavy atom. The number of rotatable bonds is 2. The fraction of sp³-hybridized carbons (Fsp3) is 1.00. The summed E-state index contributed by atoms with van der Waals surface area (Å²) >= 11 is 0. The van der Waals surface area contributed by atoms with Gasteiger partial charge >= 0.3 is 0 Å². The SMILES string of the molecule is CC(CN1CCCNC2(CCCCC2)C1)C(C)(C)C. The molecule has 1 heterocycles. The summed E-state index contributed by atoms with van der Waals surface area (Å²) in [6.07, 6.45) is 8.41. The van der Waals surface area contributed by atoms with Gasteiger partial charge in [0.2, 0.25) is 0 Å². The van der Waals surface area contributed by atoms with Crippen LogP contribution >= 0.6 is 0 Å². The van der Waals surface area contributed by atoms with Gasteiger partial charge in [0.25, 0.3) is 0 Å².